The SMILES string of the molecule is CC1=C/C(=C/N)N(N)C(C)=C1C(=O)Nc1ccc(N)c(C(=N)c2ccco2)c1. The molecule has 0 aliphatic carbocycles. The third-order valence-corrected chi connectivity index (χ3v) is 4.51. The highest BCUT2D eigenvalue weighted by atomic mass is 16.3. The van der Waals surface area contributed by atoms with Crippen LogP contribution in [0.25, 0.3) is 0 Å². The molecular weight excluding hydrogens is 356 g/mol. The van der Waals surface area contributed by atoms with Gasteiger partial charge in [0, 0.05) is 28.8 Å². The van der Waals surface area contributed by atoms with Crippen molar-refractivity contribution in [3.8, 4) is 0 Å². The number of carbonyl (C=O) groups is 1. The Morgan fingerprint density at radius 2 is 2.04 bits per heavy atom. The second-order valence-electron chi connectivity index (χ2n) is 6.36. The topological polar surface area (TPSA) is 147 Å². The molecule has 1 amide bonds. The number of hydrazine groups is 1. The number of nitrogens with two attached hydrogens (primary N) is 3. The summed E-state index contributed by atoms with van der Waals surface area (Å²) in [5.41, 5.74) is 15.5. The van der Waals surface area contributed by atoms with Gasteiger partial charge in [0.15, 0.2) is 5.76 Å². The summed E-state index contributed by atoms with van der Waals surface area (Å²) in [6, 6.07) is 8.33. The molecule has 2 heterocycles. The molecular formula is C20H22N6O2. The number of benzene rings is 1. The van der Waals surface area contributed by atoms with Crippen molar-refractivity contribution in [1.29, 1.82) is 5.41 Å². The van der Waals surface area contributed by atoms with Crippen LogP contribution in [0.5, 0.6) is 0 Å². The van der Waals surface area contributed by atoms with Crippen molar-refractivity contribution in [3.05, 3.63) is 82.7 Å². The molecule has 0 fully saturated rings. The van der Waals surface area contributed by atoms with Gasteiger partial charge >= 0.3 is 0 Å². The van der Waals surface area contributed by atoms with E-state index in [9.17, 15) is 4.79 Å². The molecule has 0 spiro atoms. The number of hydrogen-bond acceptors (Lipinski definition) is 7. The number of rotatable bonds is 4. The van der Waals surface area contributed by atoms with E-state index in [1.54, 1.807) is 43.3 Å². The van der Waals surface area contributed by atoms with Crippen molar-refractivity contribution in [2.45, 2.75) is 13.8 Å². The number of nitrogens with one attached hydrogen (secondary N) is 2. The lowest BCUT2D eigenvalue weighted by molar-refractivity contribution is -0.112. The van der Waals surface area contributed by atoms with Crippen molar-refractivity contribution in [3.63, 3.8) is 0 Å². The van der Waals surface area contributed by atoms with Crippen LogP contribution in [0.1, 0.15) is 25.2 Å². The Bertz CT molecular complexity index is 1030. The maximum atomic E-state index is 12.9. The standard InChI is InChI=1S/C20H22N6O2/c1-11-8-14(10-21)26(24)12(2)18(11)20(27)25-13-5-6-16(22)15(9-13)19(23)17-4-3-7-28-17/h3-10,23H,21-22,24H2,1-2H3,(H,25,27)/b14-10-,23-19?. The van der Waals surface area contributed by atoms with E-state index in [-0.39, 0.29) is 11.6 Å². The highest BCUT2D eigenvalue weighted by Crippen LogP contribution is 2.28. The lowest BCUT2D eigenvalue weighted by atomic mass is 9.99. The van der Waals surface area contributed by atoms with Gasteiger partial charge in [-0.2, -0.15) is 0 Å². The zero-order chi connectivity index (χ0) is 20.4. The van der Waals surface area contributed by atoms with Crippen molar-refractivity contribution >= 4 is 23.0 Å². The van der Waals surface area contributed by atoms with Gasteiger partial charge in [-0.15, -0.1) is 0 Å². The molecule has 0 radical (unpaired) electrons. The zero-order valence-electron chi connectivity index (χ0n) is 15.6. The molecule has 8 heteroatoms. The van der Waals surface area contributed by atoms with Gasteiger partial charge in [0.25, 0.3) is 5.91 Å². The number of carbonyl (C=O) groups excluding carboxylic acids is 1. The van der Waals surface area contributed by atoms with Gasteiger partial charge in [-0.25, -0.2) is 5.84 Å². The fourth-order valence-electron chi connectivity index (χ4n) is 3.03. The molecule has 2 aromatic rings. The Morgan fingerprint density at radius 1 is 1.29 bits per heavy atom. The Hall–Kier alpha value is -3.78. The summed E-state index contributed by atoms with van der Waals surface area (Å²) in [7, 11) is 0. The smallest absolute Gasteiger partial charge is 0.257 e. The second-order valence-corrected chi connectivity index (χ2v) is 6.36. The van der Waals surface area contributed by atoms with Gasteiger partial charge in [-0.1, -0.05) is 0 Å². The van der Waals surface area contributed by atoms with Gasteiger partial charge in [0.2, 0.25) is 0 Å². The van der Waals surface area contributed by atoms with E-state index in [0.29, 0.717) is 39.7 Å². The Labute approximate surface area is 162 Å². The first-order chi connectivity index (χ1) is 13.3. The number of furan rings is 1. The van der Waals surface area contributed by atoms with Gasteiger partial charge in [0.1, 0.15) is 5.71 Å². The van der Waals surface area contributed by atoms with Crippen LogP contribution in [0.3, 0.4) is 0 Å². The average molecular weight is 378 g/mol. The third kappa shape index (κ3) is 3.40. The number of hydrogen-bond donors (Lipinski definition) is 5. The Kier molecular flexibility index (Phi) is 5.06. The summed E-state index contributed by atoms with van der Waals surface area (Å²) < 4.78 is 5.26. The van der Waals surface area contributed by atoms with Crippen LogP contribution >= 0.6 is 0 Å². The number of amides is 1. The van der Waals surface area contributed by atoms with E-state index in [1.807, 2.05) is 6.92 Å². The van der Waals surface area contributed by atoms with Gasteiger partial charge in [0.05, 0.1) is 17.5 Å². The van der Waals surface area contributed by atoms with Gasteiger partial charge in [-0.05, 0) is 55.8 Å². The van der Waals surface area contributed by atoms with Crippen LogP contribution in [0, 0.1) is 5.41 Å². The zero-order valence-corrected chi connectivity index (χ0v) is 15.6. The summed E-state index contributed by atoms with van der Waals surface area (Å²) in [6.45, 7) is 3.56. The van der Waals surface area contributed by atoms with E-state index in [4.69, 9.17) is 27.1 Å². The molecule has 1 aliphatic heterocycles. The number of nitrogen functional groups attached to an aromatic ring is 1. The van der Waals surface area contributed by atoms with Crippen LogP contribution < -0.4 is 22.6 Å². The summed E-state index contributed by atoms with van der Waals surface area (Å²) in [6.07, 6.45) is 4.61. The first-order valence-corrected chi connectivity index (χ1v) is 8.53. The van der Waals surface area contributed by atoms with Crippen molar-refractivity contribution < 1.29 is 9.21 Å². The van der Waals surface area contributed by atoms with Gasteiger partial charge < -0.3 is 21.2 Å². The number of allylic oxidation sites excluding steroid dienone is 2. The van der Waals surface area contributed by atoms with Crippen molar-refractivity contribution in [2.24, 2.45) is 11.6 Å². The van der Waals surface area contributed by atoms with E-state index in [1.165, 1.54) is 17.5 Å². The third-order valence-electron chi connectivity index (χ3n) is 4.51. The molecule has 1 aliphatic rings. The molecule has 0 bridgehead atoms. The highest BCUT2D eigenvalue weighted by Gasteiger charge is 2.24. The molecule has 0 unspecified atom stereocenters. The van der Waals surface area contributed by atoms with Crippen molar-refractivity contribution in [1.82, 2.24) is 5.01 Å². The first-order valence-electron chi connectivity index (χ1n) is 8.53. The monoisotopic (exact) mass is 378 g/mol. The Balaban J connectivity index is 1.89. The van der Waals surface area contributed by atoms with E-state index < -0.39 is 0 Å². The molecule has 0 atom stereocenters. The summed E-state index contributed by atoms with van der Waals surface area (Å²) in [5, 5.41) is 12.5. The normalized spacial score (nSPS) is 15.6. The predicted octanol–water partition coefficient (Wildman–Crippen LogP) is 2.43. The molecule has 144 valence electrons. The van der Waals surface area contributed by atoms with Crippen LogP contribution in [-0.2, 0) is 4.79 Å². The molecule has 8 nitrogen and oxygen atoms in total. The number of nitrogens with zero attached hydrogens (tertiary/aromatic N) is 1. The minimum absolute atomic E-state index is 0.133. The molecule has 28 heavy (non-hydrogen) atoms. The van der Waals surface area contributed by atoms with E-state index in [2.05, 4.69) is 5.32 Å². The molecule has 1 aromatic heterocycles. The Morgan fingerprint density at radius 3 is 2.68 bits per heavy atom. The van der Waals surface area contributed by atoms with Crippen molar-refractivity contribution in [2.75, 3.05) is 11.1 Å². The van der Waals surface area contributed by atoms with Crippen LogP contribution in [0.2, 0.25) is 0 Å². The lowest BCUT2D eigenvalue weighted by Gasteiger charge is -2.28. The summed E-state index contributed by atoms with van der Waals surface area (Å²) in [5.74, 6) is 6.07. The van der Waals surface area contributed by atoms with Gasteiger partial charge in [-0.3, -0.25) is 15.2 Å². The molecule has 0 saturated carbocycles. The van der Waals surface area contributed by atoms with Crippen LogP contribution in [-0.4, -0.2) is 16.6 Å². The fourth-order valence-corrected chi connectivity index (χ4v) is 3.03. The largest absolute Gasteiger partial charge is 0.463 e. The maximum absolute atomic E-state index is 12.9. The van der Waals surface area contributed by atoms with E-state index >= 15 is 0 Å². The summed E-state index contributed by atoms with van der Waals surface area (Å²) >= 11 is 0. The molecule has 3 rings (SSSR count). The average Bonchev–Trinajstić information content (AvgIpc) is 3.20. The summed E-state index contributed by atoms with van der Waals surface area (Å²) in [4.78, 5) is 12.9. The van der Waals surface area contributed by atoms with Crippen LogP contribution in [0.15, 0.2) is 75.8 Å². The molecule has 8 N–H and O–H groups in total. The molecule has 1 aromatic carbocycles. The predicted molar refractivity (Wildman–Crippen MR) is 109 cm³/mol. The minimum Gasteiger partial charge on any atom is -0.463 e. The fraction of sp³-hybridized carbons (Fsp3) is 0.100. The number of anilines is 2. The molecule has 0 saturated heterocycles. The minimum atomic E-state index is -0.321. The highest BCUT2D eigenvalue weighted by molar-refractivity contribution is 6.13. The maximum Gasteiger partial charge on any atom is 0.257 e. The first kappa shape index (κ1) is 19.0. The van der Waals surface area contributed by atoms with Crippen LogP contribution in [0.4, 0.5) is 11.4 Å². The second kappa shape index (κ2) is 7.45. The van der Waals surface area contributed by atoms with E-state index in [0.717, 1.165) is 5.57 Å². The quantitative estimate of drug-likeness (QED) is 0.313. The lowest BCUT2D eigenvalue weighted by Crippen LogP contribution is -2.34.